The van der Waals surface area contributed by atoms with Crippen molar-refractivity contribution in [2.45, 2.75) is 12.8 Å². The smallest absolute Gasteiger partial charge is 0.213 e. The summed E-state index contributed by atoms with van der Waals surface area (Å²) >= 11 is 0. The molecule has 1 N–H and O–H groups in total. The minimum atomic E-state index is 0.735. The molecule has 1 aliphatic heterocycles. The molecular formula is C11H16N2O. The predicted molar refractivity (Wildman–Crippen MR) is 55.3 cm³/mol. The van der Waals surface area contributed by atoms with Gasteiger partial charge in [0.2, 0.25) is 5.88 Å². The first-order valence-electron chi connectivity index (χ1n) is 5.20. The normalized spacial score (nSPS) is 21.0. The fraction of sp³-hybridized carbons (Fsp3) is 0.545. The Morgan fingerprint density at radius 2 is 2.50 bits per heavy atom. The molecule has 1 unspecified atom stereocenters. The molecule has 0 spiro atoms. The highest BCUT2D eigenvalue weighted by atomic mass is 16.5. The molecule has 1 saturated heterocycles. The fourth-order valence-corrected chi connectivity index (χ4v) is 1.72. The molecule has 1 aromatic rings. The minimum absolute atomic E-state index is 0.735. The summed E-state index contributed by atoms with van der Waals surface area (Å²) in [7, 11) is 0. The number of hydrogen-bond donors (Lipinski definition) is 1. The zero-order chi connectivity index (χ0) is 9.64. The molecule has 3 heteroatoms. The standard InChI is InChI=1S/C11H16N2O/c1-2-6-13-11(3-1)14-8-5-10-4-7-12-9-10/h1-3,6,10,12H,4-5,7-9H2. The van der Waals surface area contributed by atoms with Crippen LogP contribution in [-0.4, -0.2) is 24.7 Å². The van der Waals surface area contributed by atoms with Gasteiger partial charge in [0.1, 0.15) is 0 Å². The Hall–Kier alpha value is -1.09. The Balaban J connectivity index is 1.67. The predicted octanol–water partition coefficient (Wildman–Crippen LogP) is 1.46. The average molecular weight is 192 g/mol. The van der Waals surface area contributed by atoms with E-state index < -0.39 is 0 Å². The van der Waals surface area contributed by atoms with E-state index in [4.69, 9.17) is 4.74 Å². The van der Waals surface area contributed by atoms with Crippen LogP contribution in [-0.2, 0) is 0 Å². The lowest BCUT2D eigenvalue weighted by Gasteiger charge is -2.08. The van der Waals surface area contributed by atoms with E-state index in [1.807, 2.05) is 18.2 Å². The topological polar surface area (TPSA) is 34.1 Å². The van der Waals surface area contributed by atoms with Gasteiger partial charge in [0.25, 0.3) is 0 Å². The van der Waals surface area contributed by atoms with E-state index in [9.17, 15) is 0 Å². The molecule has 1 aliphatic rings. The van der Waals surface area contributed by atoms with Crippen LogP contribution in [0.2, 0.25) is 0 Å². The lowest BCUT2D eigenvalue weighted by molar-refractivity contribution is 0.274. The van der Waals surface area contributed by atoms with E-state index in [0.717, 1.165) is 37.9 Å². The molecular weight excluding hydrogens is 176 g/mol. The first-order chi connectivity index (χ1) is 6.95. The molecule has 0 amide bonds. The second-order valence-electron chi connectivity index (χ2n) is 3.66. The van der Waals surface area contributed by atoms with Crippen molar-refractivity contribution >= 4 is 0 Å². The van der Waals surface area contributed by atoms with Crippen molar-refractivity contribution in [3.05, 3.63) is 24.4 Å². The molecule has 0 bridgehead atoms. The molecule has 1 atom stereocenters. The summed E-state index contributed by atoms with van der Waals surface area (Å²) in [5, 5.41) is 3.35. The van der Waals surface area contributed by atoms with Gasteiger partial charge in [-0.1, -0.05) is 6.07 Å². The van der Waals surface area contributed by atoms with Gasteiger partial charge in [0.15, 0.2) is 0 Å². The van der Waals surface area contributed by atoms with Crippen LogP contribution in [0.4, 0.5) is 0 Å². The summed E-state index contributed by atoms with van der Waals surface area (Å²) in [5.41, 5.74) is 0. The van der Waals surface area contributed by atoms with Crippen molar-refractivity contribution in [1.29, 1.82) is 0 Å². The molecule has 14 heavy (non-hydrogen) atoms. The van der Waals surface area contributed by atoms with Crippen LogP contribution in [0.15, 0.2) is 24.4 Å². The van der Waals surface area contributed by atoms with Crippen LogP contribution < -0.4 is 10.1 Å². The molecule has 2 heterocycles. The minimum Gasteiger partial charge on any atom is -0.478 e. The van der Waals surface area contributed by atoms with E-state index in [0.29, 0.717) is 0 Å². The Kier molecular flexibility index (Phi) is 3.35. The number of ether oxygens (including phenoxy) is 1. The van der Waals surface area contributed by atoms with Gasteiger partial charge in [-0.2, -0.15) is 0 Å². The fourth-order valence-electron chi connectivity index (χ4n) is 1.72. The molecule has 2 rings (SSSR count). The van der Waals surface area contributed by atoms with E-state index >= 15 is 0 Å². The van der Waals surface area contributed by atoms with Crippen LogP contribution >= 0.6 is 0 Å². The third-order valence-corrected chi connectivity index (χ3v) is 2.58. The van der Waals surface area contributed by atoms with Crippen LogP contribution in [0, 0.1) is 5.92 Å². The monoisotopic (exact) mass is 192 g/mol. The number of rotatable bonds is 4. The van der Waals surface area contributed by atoms with Crippen LogP contribution in [0.3, 0.4) is 0 Å². The largest absolute Gasteiger partial charge is 0.478 e. The number of nitrogens with one attached hydrogen (secondary N) is 1. The van der Waals surface area contributed by atoms with Crippen molar-refractivity contribution in [1.82, 2.24) is 10.3 Å². The molecule has 0 saturated carbocycles. The zero-order valence-corrected chi connectivity index (χ0v) is 8.28. The summed E-state index contributed by atoms with van der Waals surface area (Å²) in [6.07, 6.45) is 4.17. The molecule has 0 aromatic carbocycles. The van der Waals surface area contributed by atoms with Crippen molar-refractivity contribution in [2.75, 3.05) is 19.7 Å². The quantitative estimate of drug-likeness (QED) is 0.784. The van der Waals surface area contributed by atoms with Gasteiger partial charge in [-0.3, -0.25) is 0 Å². The van der Waals surface area contributed by atoms with Gasteiger partial charge in [0, 0.05) is 12.3 Å². The molecule has 3 nitrogen and oxygen atoms in total. The highest BCUT2D eigenvalue weighted by Gasteiger charge is 2.13. The summed E-state index contributed by atoms with van der Waals surface area (Å²) < 4.78 is 5.53. The second-order valence-corrected chi connectivity index (χ2v) is 3.66. The number of aromatic nitrogens is 1. The first-order valence-corrected chi connectivity index (χ1v) is 5.20. The van der Waals surface area contributed by atoms with E-state index in [2.05, 4.69) is 10.3 Å². The second kappa shape index (κ2) is 4.96. The summed E-state index contributed by atoms with van der Waals surface area (Å²) in [5.74, 6) is 1.53. The maximum absolute atomic E-state index is 5.53. The third kappa shape index (κ3) is 2.70. The van der Waals surface area contributed by atoms with E-state index in [1.165, 1.54) is 6.42 Å². The Morgan fingerprint density at radius 3 is 3.21 bits per heavy atom. The average Bonchev–Trinajstić information content (AvgIpc) is 2.72. The van der Waals surface area contributed by atoms with Crippen LogP contribution in [0.1, 0.15) is 12.8 Å². The maximum atomic E-state index is 5.53. The maximum Gasteiger partial charge on any atom is 0.213 e. The SMILES string of the molecule is c1ccc(OCCC2CCNC2)nc1. The van der Waals surface area contributed by atoms with Crippen molar-refractivity contribution in [2.24, 2.45) is 5.92 Å². The Morgan fingerprint density at radius 1 is 1.50 bits per heavy atom. The molecule has 0 aliphatic carbocycles. The van der Waals surface area contributed by atoms with Crippen molar-refractivity contribution in [3.8, 4) is 5.88 Å². The van der Waals surface area contributed by atoms with Gasteiger partial charge in [-0.25, -0.2) is 4.98 Å². The van der Waals surface area contributed by atoms with Crippen molar-refractivity contribution < 1.29 is 4.74 Å². The lowest BCUT2D eigenvalue weighted by atomic mass is 10.1. The first kappa shape index (κ1) is 9.46. The highest BCUT2D eigenvalue weighted by molar-refractivity contribution is 5.08. The molecule has 0 radical (unpaired) electrons. The highest BCUT2D eigenvalue weighted by Crippen LogP contribution is 2.12. The number of nitrogens with zero attached hydrogens (tertiary/aromatic N) is 1. The zero-order valence-electron chi connectivity index (χ0n) is 8.28. The third-order valence-electron chi connectivity index (χ3n) is 2.58. The van der Waals surface area contributed by atoms with Gasteiger partial charge < -0.3 is 10.1 Å². The Labute approximate surface area is 84.5 Å². The Bertz CT molecular complexity index is 257. The van der Waals surface area contributed by atoms with E-state index in [-0.39, 0.29) is 0 Å². The van der Waals surface area contributed by atoms with E-state index in [1.54, 1.807) is 6.20 Å². The summed E-state index contributed by atoms with van der Waals surface area (Å²) in [6, 6.07) is 5.74. The summed E-state index contributed by atoms with van der Waals surface area (Å²) in [4.78, 5) is 4.11. The van der Waals surface area contributed by atoms with Gasteiger partial charge in [0.05, 0.1) is 6.61 Å². The number of hydrogen-bond acceptors (Lipinski definition) is 3. The van der Waals surface area contributed by atoms with Gasteiger partial charge in [-0.05, 0) is 37.9 Å². The molecule has 76 valence electrons. The van der Waals surface area contributed by atoms with Gasteiger partial charge >= 0.3 is 0 Å². The number of pyridine rings is 1. The molecule has 1 aromatic heterocycles. The van der Waals surface area contributed by atoms with Gasteiger partial charge in [-0.15, -0.1) is 0 Å². The lowest BCUT2D eigenvalue weighted by Crippen LogP contribution is -2.11. The van der Waals surface area contributed by atoms with Crippen LogP contribution in [0.5, 0.6) is 5.88 Å². The van der Waals surface area contributed by atoms with Crippen molar-refractivity contribution in [3.63, 3.8) is 0 Å². The summed E-state index contributed by atoms with van der Waals surface area (Å²) in [6.45, 7) is 3.09. The molecule has 1 fully saturated rings. The van der Waals surface area contributed by atoms with Crippen LogP contribution in [0.25, 0.3) is 0 Å².